The molecule has 0 aliphatic rings. The van der Waals surface area contributed by atoms with E-state index in [2.05, 4.69) is 20.4 Å². The van der Waals surface area contributed by atoms with Gasteiger partial charge in [0.05, 0.1) is 26.7 Å². The molecule has 0 aromatic carbocycles. The SMILES string of the molecule is CCNC(=NCCCOCCOC)NCCC(=O)OC. The van der Waals surface area contributed by atoms with Crippen LogP contribution < -0.4 is 10.6 Å². The number of nitrogens with one attached hydrogen (secondary N) is 2. The van der Waals surface area contributed by atoms with Crippen LogP contribution in [0.2, 0.25) is 0 Å². The van der Waals surface area contributed by atoms with Gasteiger partial charge in [-0.05, 0) is 13.3 Å². The Bertz CT molecular complexity index is 272. The first-order valence-electron chi connectivity index (χ1n) is 6.90. The zero-order chi connectivity index (χ0) is 15.1. The molecule has 0 aromatic heterocycles. The second-order valence-electron chi connectivity index (χ2n) is 3.97. The van der Waals surface area contributed by atoms with Gasteiger partial charge in [-0.2, -0.15) is 0 Å². The lowest BCUT2D eigenvalue weighted by Gasteiger charge is -2.10. The quantitative estimate of drug-likeness (QED) is 0.244. The predicted molar refractivity (Wildman–Crippen MR) is 77.9 cm³/mol. The van der Waals surface area contributed by atoms with Crippen LogP contribution >= 0.6 is 0 Å². The van der Waals surface area contributed by atoms with Gasteiger partial charge in [-0.15, -0.1) is 0 Å². The summed E-state index contributed by atoms with van der Waals surface area (Å²) in [4.78, 5) is 15.4. The number of guanidine groups is 1. The highest BCUT2D eigenvalue weighted by atomic mass is 16.5. The maximum Gasteiger partial charge on any atom is 0.307 e. The number of hydrogen-bond acceptors (Lipinski definition) is 5. The van der Waals surface area contributed by atoms with Crippen LogP contribution in [-0.4, -0.2) is 65.6 Å². The van der Waals surface area contributed by atoms with Gasteiger partial charge in [-0.25, -0.2) is 0 Å². The molecule has 2 N–H and O–H groups in total. The lowest BCUT2D eigenvalue weighted by atomic mass is 10.4. The van der Waals surface area contributed by atoms with Crippen molar-refractivity contribution in [2.45, 2.75) is 19.8 Å². The smallest absolute Gasteiger partial charge is 0.307 e. The van der Waals surface area contributed by atoms with Gasteiger partial charge in [0, 0.05) is 33.4 Å². The van der Waals surface area contributed by atoms with E-state index in [4.69, 9.17) is 9.47 Å². The largest absolute Gasteiger partial charge is 0.469 e. The molecule has 0 unspecified atom stereocenters. The highest BCUT2D eigenvalue weighted by molar-refractivity contribution is 5.80. The number of carbonyl (C=O) groups excluding carboxylic acids is 1. The Labute approximate surface area is 121 Å². The van der Waals surface area contributed by atoms with Crippen LogP contribution in [0.25, 0.3) is 0 Å². The molecule has 0 heterocycles. The van der Waals surface area contributed by atoms with Crippen molar-refractivity contribution >= 4 is 11.9 Å². The molecule has 7 heteroatoms. The molecule has 20 heavy (non-hydrogen) atoms. The van der Waals surface area contributed by atoms with Gasteiger partial charge >= 0.3 is 5.97 Å². The highest BCUT2D eigenvalue weighted by Crippen LogP contribution is 1.86. The minimum atomic E-state index is -0.236. The summed E-state index contributed by atoms with van der Waals surface area (Å²) in [5, 5.41) is 6.19. The van der Waals surface area contributed by atoms with Gasteiger partial charge in [0.1, 0.15) is 0 Å². The molecule has 118 valence electrons. The van der Waals surface area contributed by atoms with E-state index >= 15 is 0 Å². The Kier molecular flexibility index (Phi) is 13.1. The third-order valence-corrected chi connectivity index (χ3v) is 2.34. The minimum absolute atomic E-state index is 0.236. The van der Waals surface area contributed by atoms with E-state index in [9.17, 15) is 4.79 Å². The molecule has 0 amide bonds. The molecule has 0 fully saturated rings. The zero-order valence-electron chi connectivity index (χ0n) is 12.7. The van der Waals surface area contributed by atoms with Crippen molar-refractivity contribution in [1.82, 2.24) is 10.6 Å². The minimum Gasteiger partial charge on any atom is -0.469 e. The van der Waals surface area contributed by atoms with Crippen LogP contribution in [0, 0.1) is 0 Å². The van der Waals surface area contributed by atoms with Crippen molar-refractivity contribution in [3.05, 3.63) is 0 Å². The summed E-state index contributed by atoms with van der Waals surface area (Å²) in [6.45, 7) is 5.82. The first-order chi connectivity index (χ1) is 9.74. The molecule has 0 rings (SSSR count). The van der Waals surface area contributed by atoms with Gasteiger partial charge < -0.3 is 24.8 Å². The second kappa shape index (κ2) is 14.1. The first-order valence-corrected chi connectivity index (χ1v) is 6.90. The van der Waals surface area contributed by atoms with Gasteiger partial charge in [0.15, 0.2) is 5.96 Å². The van der Waals surface area contributed by atoms with E-state index in [0.717, 1.165) is 13.0 Å². The zero-order valence-corrected chi connectivity index (χ0v) is 12.7. The molecular formula is C13H27N3O4. The molecular weight excluding hydrogens is 262 g/mol. The van der Waals surface area contributed by atoms with Crippen LogP contribution in [0.1, 0.15) is 19.8 Å². The van der Waals surface area contributed by atoms with Crippen LogP contribution in [0.15, 0.2) is 4.99 Å². The number of carbonyl (C=O) groups is 1. The number of aliphatic imine (C=N–C) groups is 1. The third kappa shape index (κ3) is 11.7. The number of nitrogens with zero attached hydrogens (tertiary/aromatic N) is 1. The monoisotopic (exact) mass is 289 g/mol. The third-order valence-electron chi connectivity index (χ3n) is 2.34. The first kappa shape index (κ1) is 18.7. The molecule has 0 radical (unpaired) electrons. The fraction of sp³-hybridized carbons (Fsp3) is 0.846. The Morgan fingerprint density at radius 1 is 1.15 bits per heavy atom. The van der Waals surface area contributed by atoms with Crippen LogP contribution in [0.5, 0.6) is 0 Å². The Hall–Kier alpha value is -1.34. The molecule has 0 aromatic rings. The summed E-state index contributed by atoms with van der Waals surface area (Å²) in [6.07, 6.45) is 1.17. The number of methoxy groups -OCH3 is 2. The van der Waals surface area contributed by atoms with E-state index in [1.807, 2.05) is 6.92 Å². The predicted octanol–water partition coefficient (Wildman–Crippen LogP) is 0.158. The number of ether oxygens (including phenoxy) is 3. The van der Waals surface area contributed by atoms with Crippen molar-refractivity contribution in [3.8, 4) is 0 Å². The molecule has 0 saturated heterocycles. The summed E-state index contributed by atoms with van der Waals surface area (Å²) >= 11 is 0. The summed E-state index contributed by atoms with van der Waals surface area (Å²) in [5.41, 5.74) is 0. The Balaban J connectivity index is 3.75. The highest BCUT2D eigenvalue weighted by Gasteiger charge is 2.01. The average Bonchev–Trinajstić information content (AvgIpc) is 2.46. The summed E-state index contributed by atoms with van der Waals surface area (Å²) < 4.78 is 14.8. The maximum absolute atomic E-state index is 11.0. The molecule has 0 bridgehead atoms. The van der Waals surface area contributed by atoms with Gasteiger partial charge in [-0.1, -0.05) is 0 Å². The van der Waals surface area contributed by atoms with E-state index in [1.165, 1.54) is 7.11 Å². The van der Waals surface area contributed by atoms with Gasteiger partial charge in [0.2, 0.25) is 0 Å². The van der Waals surface area contributed by atoms with Crippen LogP contribution in [0.4, 0.5) is 0 Å². The van der Waals surface area contributed by atoms with Crippen molar-refractivity contribution in [2.75, 3.05) is 53.7 Å². The molecule has 0 aliphatic carbocycles. The number of hydrogen-bond donors (Lipinski definition) is 2. The van der Waals surface area contributed by atoms with E-state index in [-0.39, 0.29) is 5.97 Å². The summed E-state index contributed by atoms with van der Waals surface area (Å²) in [7, 11) is 3.03. The Morgan fingerprint density at radius 2 is 1.95 bits per heavy atom. The standard InChI is InChI=1S/C13H27N3O4/c1-4-14-13(16-8-6-12(17)19-3)15-7-5-9-20-11-10-18-2/h4-11H2,1-3H3,(H2,14,15,16). The fourth-order valence-corrected chi connectivity index (χ4v) is 1.33. The second-order valence-corrected chi connectivity index (χ2v) is 3.97. The molecule has 0 saturated carbocycles. The van der Waals surface area contributed by atoms with E-state index in [1.54, 1.807) is 7.11 Å². The van der Waals surface area contributed by atoms with E-state index < -0.39 is 0 Å². The normalized spacial score (nSPS) is 11.2. The van der Waals surface area contributed by atoms with Gasteiger partial charge in [0.25, 0.3) is 0 Å². The van der Waals surface area contributed by atoms with Crippen LogP contribution in [0.3, 0.4) is 0 Å². The van der Waals surface area contributed by atoms with E-state index in [0.29, 0.717) is 45.3 Å². The van der Waals surface area contributed by atoms with Crippen molar-refractivity contribution in [3.63, 3.8) is 0 Å². The topological polar surface area (TPSA) is 81.2 Å². The lowest BCUT2D eigenvalue weighted by molar-refractivity contribution is -0.140. The average molecular weight is 289 g/mol. The molecule has 7 nitrogen and oxygen atoms in total. The Morgan fingerprint density at radius 3 is 2.60 bits per heavy atom. The maximum atomic E-state index is 11.0. The molecule has 0 spiro atoms. The lowest BCUT2D eigenvalue weighted by Crippen LogP contribution is -2.38. The summed E-state index contributed by atoms with van der Waals surface area (Å²) in [5.74, 6) is 0.466. The van der Waals surface area contributed by atoms with Crippen molar-refractivity contribution < 1.29 is 19.0 Å². The van der Waals surface area contributed by atoms with Crippen molar-refractivity contribution in [1.29, 1.82) is 0 Å². The van der Waals surface area contributed by atoms with Crippen LogP contribution in [-0.2, 0) is 19.0 Å². The number of rotatable bonds is 11. The van der Waals surface area contributed by atoms with Crippen molar-refractivity contribution in [2.24, 2.45) is 4.99 Å². The summed E-state index contributed by atoms with van der Waals surface area (Å²) in [6, 6.07) is 0. The molecule has 0 atom stereocenters. The fourth-order valence-electron chi connectivity index (χ4n) is 1.33. The van der Waals surface area contributed by atoms with Gasteiger partial charge in [-0.3, -0.25) is 9.79 Å². The molecule has 0 aliphatic heterocycles. The number of esters is 1.